The number of amides is 1. The van der Waals surface area contributed by atoms with Gasteiger partial charge >= 0.3 is 0 Å². The molecule has 0 spiro atoms. The maximum atomic E-state index is 12.5. The quantitative estimate of drug-likeness (QED) is 0.640. The molecule has 1 unspecified atom stereocenters. The van der Waals surface area contributed by atoms with Crippen molar-refractivity contribution < 1.29 is 13.9 Å². The number of furan rings is 1. The molecule has 3 aromatic rings. The van der Waals surface area contributed by atoms with Crippen LogP contribution in [0.1, 0.15) is 35.2 Å². The lowest BCUT2D eigenvalue weighted by Gasteiger charge is -2.18. The van der Waals surface area contributed by atoms with Gasteiger partial charge in [-0.3, -0.25) is 4.79 Å². The van der Waals surface area contributed by atoms with Gasteiger partial charge in [-0.2, -0.15) is 5.26 Å². The van der Waals surface area contributed by atoms with E-state index in [1.165, 1.54) is 12.1 Å². The molecule has 1 aliphatic rings. The second kappa shape index (κ2) is 8.75. The molecular weight excluding hydrogens is 378 g/mol. The van der Waals surface area contributed by atoms with Gasteiger partial charge in [-0.05, 0) is 60.9 Å². The molecule has 2 aromatic carbocycles. The van der Waals surface area contributed by atoms with Gasteiger partial charge < -0.3 is 19.4 Å². The molecule has 0 radical (unpaired) electrons. The average molecular weight is 401 g/mol. The van der Waals surface area contributed by atoms with Gasteiger partial charge in [0.25, 0.3) is 5.91 Å². The molecule has 30 heavy (non-hydrogen) atoms. The summed E-state index contributed by atoms with van der Waals surface area (Å²) < 4.78 is 11.2. The molecule has 1 atom stereocenters. The monoisotopic (exact) mass is 401 g/mol. The molecule has 1 N–H and O–H groups in total. The summed E-state index contributed by atoms with van der Waals surface area (Å²) in [5.74, 6) is 1.59. The van der Waals surface area contributed by atoms with Crippen LogP contribution in [0.4, 0.5) is 11.4 Å². The van der Waals surface area contributed by atoms with Crippen molar-refractivity contribution in [2.24, 2.45) is 5.92 Å². The normalized spacial score (nSPS) is 15.6. The van der Waals surface area contributed by atoms with Crippen molar-refractivity contribution in [1.82, 2.24) is 0 Å². The molecule has 1 aliphatic heterocycles. The molecule has 152 valence electrons. The molecule has 1 fully saturated rings. The Balaban J connectivity index is 1.34. The van der Waals surface area contributed by atoms with Crippen LogP contribution in [0.15, 0.2) is 65.1 Å². The van der Waals surface area contributed by atoms with E-state index >= 15 is 0 Å². The fourth-order valence-electron chi connectivity index (χ4n) is 3.53. The van der Waals surface area contributed by atoms with Crippen molar-refractivity contribution in [2.75, 3.05) is 23.3 Å². The summed E-state index contributed by atoms with van der Waals surface area (Å²) in [6.45, 7) is 4.54. The molecule has 6 heteroatoms. The minimum Gasteiger partial charge on any atom is -0.484 e. The van der Waals surface area contributed by atoms with Crippen LogP contribution in [0.25, 0.3) is 0 Å². The van der Waals surface area contributed by atoms with Gasteiger partial charge in [0.15, 0.2) is 5.76 Å². The molecule has 1 amide bonds. The Bertz CT molecular complexity index is 1070. The topological polar surface area (TPSA) is 78.5 Å². The number of nitrogens with zero attached hydrogens (tertiary/aromatic N) is 2. The van der Waals surface area contributed by atoms with Gasteiger partial charge in [0.2, 0.25) is 0 Å². The zero-order chi connectivity index (χ0) is 20.9. The number of carbonyl (C=O) groups excluding carboxylic acids is 1. The van der Waals surface area contributed by atoms with Crippen molar-refractivity contribution in [3.05, 3.63) is 77.7 Å². The SMILES string of the molecule is CC1CCN(c2ccc(NC(=O)c3ccc(COc4ccccc4C#N)o3)cc2)C1. The van der Waals surface area contributed by atoms with Crippen molar-refractivity contribution in [3.8, 4) is 11.8 Å². The van der Waals surface area contributed by atoms with Crippen molar-refractivity contribution in [2.45, 2.75) is 20.0 Å². The predicted octanol–water partition coefficient (Wildman–Crippen LogP) is 4.83. The first-order chi connectivity index (χ1) is 14.6. The van der Waals surface area contributed by atoms with Crippen LogP contribution in [0.2, 0.25) is 0 Å². The van der Waals surface area contributed by atoms with Crippen LogP contribution >= 0.6 is 0 Å². The first kappa shape index (κ1) is 19.6. The number of rotatable bonds is 6. The van der Waals surface area contributed by atoms with Crippen molar-refractivity contribution in [1.29, 1.82) is 5.26 Å². The molecule has 0 bridgehead atoms. The summed E-state index contributed by atoms with van der Waals surface area (Å²) in [7, 11) is 0. The highest BCUT2D eigenvalue weighted by atomic mass is 16.5. The van der Waals surface area contributed by atoms with E-state index in [9.17, 15) is 4.79 Å². The van der Waals surface area contributed by atoms with E-state index in [-0.39, 0.29) is 18.3 Å². The molecule has 1 aromatic heterocycles. The van der Waals surface area contributed by atoms with Crippen molar-refractivity contribution >= 4 is 17.3 Å². The molecular formula is C24H23N3O3. The number of hydrogen-bond donors (Lipinski definition) is 1. The summed E-state index contributed by atoms with van der Waals surface area (Å²) in [5, 5.41) is 12.0. The van der Waals surface area contributed by atoms with Gasteiger partial charge in [0.05, 0.1) is 5.56 Å². The third-order valence-corrected chi connectivity index (χ3v) is 5.18. The number of ether oxygens (including phenoxy) is 1. The summed E-state index contributed by atoms with van der Waals surface area (Å²) >= 11 is 0. The predicted molar refractivity (Wildman–Crippen MR) is 115 cm³/mol. The van der Waals surface area contributed by atoms with E-state index in [0.29, 0.717) is 22.8 Å². The molecule has 6 nitrogen and oxygen atoms in total. The first-order valence-corrected chi connectivity index (χ1v) is 9.99. The smallest absolute Gasteiger partial charge is 0.291 e. The fourth-order valence-corrected chi connectivity index (χ4v) is 3.53. The number of para-hydroxylation sites is 1. The molecule has 0 saturated carbocycles. The van der Waals surface area contributed by atoms with Crippen LogP contribution in [0.5, 0.6) is 5.75 Å². The molecule has 4 rings (SSSR count). The Morgan fingerprint density at radius 1 is 1.20 bits per heavy atom. The van der Waals surface area contributed by atoms with E-state index in [0.717, 1.165) is 19.0 Å². The van der Waals surface area contributed by atoms with Crippen LogP contribution in [0, 0.1) is 17.2 Å². The van der Waals surface area contributed by atoms with Gasteiger partial charge in [0, 0.05) is 24.5 Å². The lowest BCUT2D eigenvalue weighted by molar-refractivity contribution is 0.0992. The number of nitriles is 1. The maximum absolute atomic E-state index is 12.5. The number of carbonyl (C=O) groups is 1. The minimum absolute atomic E-state index is 0.134. The summed E-state index contributed by atoms with van der Waals surface area (Å²) in [5.41, 5.74) is 2.34. The summed E-state index contributed by atoms with van der Waals surface area (Å²) in [6, 6.07) is 20.2. The second-order valence-corrected chi connectivity index (χ2v) is 7.50. The zero-order valence-corrected chi connectivity index (χ0v) is 16.8. The van der Waals surface area contributed by atoms with Crippen LogP contribution in [-0.2, 0) is 6.61 Å². The zero-order valence-electron chi connectivity index (χ0n) is 16.8. The molecule has 0 aliphatic carbocycles. The van der Waals surface area contributed by atoms with E-state index in [2.05, 4.69) is 23.2 Å². The summed E-state index contributed by atoms with van der Waals surface area (Å²) in [4.78, 5) is 14.8. The minimum atomic E-state index is -0.318. The number of hydrogen-bond acceptors (Lipinski definition) is 5. The Hall–Kier alpha value is -3.72. The largest absolute Gasteiger partial charge is 0.484 e. The molecule has 1 saturated heterocycles. The van der Waals surface area contributed by atoms with E-state index in [1.54, 1.807) is 36.4 Å². The standard InChI is InChI=1S/C24H23N3O3/c1-17-12-13-27(15-17)20-8-6-19(7-9-20)26-24(28)23-11-10-21(30-23)16-29-22-5-3-2-4-18(22)14-25/h2-11,17H,12-13,15-16H2,1H3,(H,26,28). The van der Waals surface area contributed by atoms with Gasteiger partial charge in [0.1, 0.15) is 24.2 Å². The summed E-state index contributed by atoms with van der Waals surface area (Å²) in [6.07, 6.45) is 1.21. The fraction of sp³-hybridized carbons (Fsp3) is 0.250. The number of anilines is 2. The number of benzene rings is 2. The Morgan fingerprint density at radius 2 is 2.00 bits per heavy atom. The van der Waals surface area contributed by atoms with Crippen LogP contribution in [-0.4, -0.2) is 19.0 Å². The molecule has 2 heterocycles. The second-order valence-electron chi connectivity index (χ2n) is 7.50. The van der Waals surface area contributed by atoms with Gasteiger partial charge in [-0.25, -0.2) is 0 Å². The lowest BCUT2D eigenvalue weighted by atomic mass is 10.2. The van der Waals surface area contributed by atoms with Crippen LogP contribution < -0.4 is 15.0 Å². The van der Waals surface area contributed by atoms with Gasteiger partial charge in [-0.15, -0.1) is 0 Å². The van der Waals surface area contributed by atoms with E-state index in [1.807, 2.05) is 24.3 Å². The Morgan fingerprint density at radius 3 is 2.73 bits per heavy atom. The van der Waals surface area contributed by atoms with E-state index in [4.69, 9.17) is 14.4 Å². The Labute approximate surface area is 175 Å². The maximum Gasteiger partial charge on any atom is 0.291 e. The lowest BCUT2D eigenvalue weighted by Crippen LogP contribution is -2.19. The first-order valence-electron chi connectivity index (χ1n) is 9.99. The highest BCUT2D eigenvalue weighted by molar-refractivity contribution is 6.02. The number of nitrogens with one attached hydrogen (secondary N) is 1. The van der Waals surface area contributed by atoms with Crippen LogP contribution in [0.3, 0.4) is 0 Å². The van der Waals surface area contributed by atoms with E-state index < -0.39 is 0 Å². The van der Waals surface area contributed by atoms with Gasteiger partial charge in [-0.1, -0.05) is 19.1 Å². The highest BCUT2D eigenvalue weighted by Gasteiger charge is 2.19. The average Bonchev–Trinajstić information content (AvgIpc) is 3.42. The highest BCUT2D eigenvalue weighted by Crippen LogP contribution is 2.25. The Kier molecular flexibility index (Phi) is 5.71. The third-order valence-electron chi connectivity index (χ3n) is 5.18. The van der Waals surface area contributed by atoms with Crippen molar-refractivity contribution in [3.63, 3.8) is 0 Å². The third kappa shape index (κ3) is 4.47.